The number of benzene rings is 1. The fourth-order valence-electron chi connectivity index (χ4n) is 1.44. The van der Waals surface area contributed by atoms with Crippen LogP contribution in [0.2, 0.25) is 0 Å². The molecule has 0 aliphatic heterocycles. The van der Waals surface area contributed by atoms with Crippen molar-refractivity contribution in [2.24, 2.45) is 5.10 Å². The maximum atomic E-state index is 8.59. The molecule has 0 aliphatic carbocycles. The van der Waals surface area contributed by atoms with Crippen molar-refractivity contribution in [1.82, 2.24) is 4.37 Å². The lowest BCUT2D eigenvalue weighted by molar-refractivity contribution is 1.34. The molecule has 0 spiro atoms. The molecule has 5 nitrogen and oxygen atoms in total. The topological polar surface area (TPSA) is 84.9 Å². The first-order valence-electron chi connectivity index (χ1n) is 5.40. The molecule has 0 atom stereocenters. The summed E-state index contributed by atoms with van der Waals surface area (Å²) >= 11 is 1.43. The summed E-state index contributed by atoms with van der Waals surface area (Å²) in [6.07, 6.45) is 0. The third-order valence-corrected chi connectivity index (χ3v) is 3.21. The number of nitrogens with one attached hydrogen (secondary N) is 1. The summed E-state index contributed by atoms with van der Waals surface area (Å²) in [7, 11) is 0. The van der Waals surface area contributed by atoms with Crippen LogP contribution >= 0.6 is 11.5 Å². The highest BCUT2D eigenvalue weighted by atomic mass is 32.1. The minimum Gasteiger partial charge on any atom is -0.276 e. The van der Waals surface area contributed by atoms with Crippen LogP contribution in [0.15, 0.2) is 35.4 Å². The van der Waals surface area contributed by atoms with Crippen LogP contribution in [0.5, 0.6) is 0 Å². The Morgan fingerprint density at radius 3 is 2.74 bits per heavy atom. The molecule has 1 N–H and O–H groups in total. The van der Waals surface area contributed by atoms with Crippen LogP contribution in [0.3, 0.4) is 0 Å². The van der Waals surface area contributed by atoms with Crippen molar-refractivity contribution in [1.29, 1.82) is 10.5 Å². The van der Waals surface area contributed by atoms with E-state index in [2.05, 4.69) is 14.9 Å². The van der Waals surface area contributed by atoms with Crippen LogP contribution in [0.4, 0.5) is 5.69 Å². The zero-order chi connectivity index (χ0) is 13.7. The summed E-state index contributed by atoms with van der Waals surface area (Å²) in [4.78, 5) is 1.06. The summed E-state index contributed by atoms with van der Waals surface area (Å²) in [6.45, 7) is 1.94. The van der Waals surface area contributed by atoms with Gasteiger partial charge < -0.3 is 0 Å². The van der Waals surface area contributed by atoms with E-state index in [4.69, 9.17) is 10.5 Å². The third-order valence-electron chi connectivity index (χ3n) is 2.28. The summed E-state index contributed by atoms with van der Waals surface area (Å²) in [5.74, 6) is 0. The van der Waals surface area contributed by atoms with Gasteiger partial charge in [-0.25, -0.2) is 0 Å². The minimum absolute atomic E-state index is 0.209. The standard InChI is InChI=1S/C13H9N5S/c1-9-5-13(19-18-9)10-3-2-4-11(6-10)16-17-12(7-14)8-15/h2-6,16H,1H3. The highest BCUT2D eigenvalue weighted by Crippen LogP contribution is 2.26. The molecule has 0 amide bonds. The molecule has 2 aromatic rings. The van der Waals surface area contributed by atoms with Crippen LogP contribution in [-0.4, -0.2) is 10.1 Å². The third kappa shape index (κ3) is 3.15. The van der Waals surface area contributed by atoms with E-state index in [0.29, 0.717) is 5.69 Å². The van der Waals surface area contributed by atoms with E-state index in [1.54, 1.807) is 12.1 Å². The number of aromatic nitrogens is 1. The maximum Gasteiger partial charge on any atom is 0.237 e. The molecule has 0 aliphatic rings. The van der Waals surface area contributed by atoms with E-state index in [1.807, 2.05) is 37.3 Å². The van der Waals surface area contributed by atoms with E-state index in [-0.39, 0.29) is 5.71 Å². The van der Waals surface area contributed by atoms with Gasteiger partial charge in [-0.3, -0.25) is 5.43 Å². The fraction of sp³-hybridized carbons (Fsp3) is 0.0769. The van der Waals surface area contributed by atoms with Crippen LogP contribution in [0, 0.1) is 29.6 Å². The van der Waals surface area contributed by atoms with Crippen LogP contribution < -0.4 is 5.43 Å². The van der Waals surface area contributed by atoms with E-state index < -0.39 is 0 Å². The Balaban J connectivity index is 2.24. The van der Waals surface area contributed by atoms with Crippen LogP contribution in [0.25, 0.3) is 10.4 Å². The Morgan fingerprint density at radius 2 is 2.11 bits per heavy atom. The molecule has 0 unspecified atom stereocenters. The van der Waals surface area contributed by atoms with Gasteiger partial charge in [0.05, 0.1) is 16.3 Å². The Bertz CT molecular complexity index is 686. The highest BCUT2D eigenvalue weighted by Gasteiger charge is 2.03. The number of hydrogen-bond acceptors (Lipinski definition) is 6. The minimum atomic E-state index is -0.209. The molecule has 19 heavy (non-hydrogen) atoms. The Hall–Kier alpha value is -2.70. The molecule has 2 rings (SSSR count). The summed E-state index contributed by atoms with van der Waals surface area (Å²) < 4.78 is 4.23. The van der Waals surface area contributed by atoms with Crippen molar-refractivity contribution >= 4 is 22.9 Å². The Kier molecular flexibility index (Phi) is 3.87. The van der Waals surface area contributed by atoms with Gasteiger partial charge in [0.25, 0.3) is 0 Å². The van der Waals surface area contributed by atoms with Crippen molar-refractivity contribution in [2.45, 2.75) is 6.92 Å². The van der Waals surface area contributed by atoms with Crippen molar-refractivity contribution in [2.75, 3.05) is 5.43 Å². The summed E-state index contributed by atoms with van der Waals surface area (Å²) in [5, 5.41) is 20.9. The van der Waals surface area contributed by atoms with Gasteiger partial charge in [-0.05, 0) is 42.2 Å². The van der Waals surface area contributed by atoms with Crippen LogP contribution in [-0.2, 0) is 0 Å². The lowest BCUT2D eigenvalue weighted by atomic mass is 10.1. The van der Waals surface area contributed by atoms with Crippen molar-refractivity contribution < 1.29 is 0 Å². The Morgan fingerprint density at radius 1 is 1.32 bits per heavy atom. The zero-order valence-corrected chi connectivity index (χ0v) is 10.9. The van der Waals surface area contributed by atoms with Gasteiger partial charge in [0, 0.05) is 0 Å². The molecule has 6 heteroatoms. The first-order chi connectivity index (χ1) is 9.22. The number of nitriles is 2. The van der Waals surface area contributed by atoms with E-state index >= 15 is 0 Å². The molecule has 0 saturated carbocycles. The predicted octanol–water partition coefficient (Wildman–Crippen LogP) is 2.93. The lowest BCUT2D eigenvalue weighted by Crippen LogP contribution is -1.96. The summed E-state index contributed by atoms with van der Waals surface area (Å²) in [6, 6.07) is 12.9. The average molecular weight is 267 g/mol. The van der Waals surface area contributed by atoms with Gasteiger partial charge in [-0.1, -0.05) is 12.1 Å². The SMILES string of the molecule is Cc1cc(-c2cccc(NN=C(C#N)C#N)c2)sn1. The second kappa shape index (κ2) is 5.76. The van der Waals surface area contributed by atoms with Gasteiger partial charge in [-0.15, -0.1) is 0 Å². The fourth-order valence-corrected chi connectivity index (χ4v) is 2.19. The number of hydrogen-bond donors (Lipinski definition) is 1. The number of aryl methyl sites for hydroxylation is 1. The van der Waals surface area contributed by atoms with Gasteiger partial charge in [0.15, 0.2) is 0 Å². The quantitative estimate of drug-likeness (QED) is 0.684. The number of nitrogens with zero attached hydrogens (tertiary/aromatic N) is 4. The number of hydrazone groups is 1. The smallest absolute Gasteiger partial charge is 0.237 e. The van der Waals surface area contributed by atoms with Gasteiger partial charge in [0.1, 0.15) is 12.1 Å². The van der Waals surface area contributed by atoms with Crippen molar-refractivity contribution in [3.05, 3.63) is 36.0 Å². The Labute approximate surface area is 114 Å². The zero-order valence-electron chi connectivity index (χ0n) is 10.1. The maximum absolute atomic E-state index is 8.59. The first-order valence-corrected chi connectivity index (χ1v) is 6.18. The van der Waals surface area contributed by atoms with Crippen molar-refractivity contribution in [3.63, 3.8) is 0 Å². The first kappa shape index (κ1) is 12.7. The lowest BCUT2D eigenvalue weighted by Gasteiger charge is -2.02. The van der Waals surface area contributed by atoms with E-state index in [9.17, 15) is 0 Å². The molecule has 0 fully saturated rings. The molecule has 1 aromatic carbocycles. The van der Waals surface area contributed by atoms with Gasteiger partial charge in [0.2, 0.25) is 5.71 Å². The second-order valence-corrected chi connectivity index (χ2v) is 4.51. The largest absolute Gasteiger partial charge is 0.276 e. The molecular weight excluding hydrogens is 258 g/mol. The van der Waals surface area contributed by atoms with E-state index in [1.165, 1.54) is 11.5 Å². The van der Waals surface area contributed by atoms with Gasteiger partial charge in [-0.2, -0.15) is 20.0 Å². The molecule has 92 valence electrons. The molecular formula is C13H9N5S. The molecule has 0 radical (unpaired) electrons. The van der Waals surface area contributed by atoms with E-state index in [0.717, 1.165) is 16.1 Å². The number of anilines is 1. The molecule has 1 heterocycles. The van der Waals surface area contributed by atoms with Crippen LogP contribution in [0.1, 0.15) is 5.69 Å². The average Bonchev–Trinajstić information content (AvgIpc) is 2.87. The molecule has 1 aromatic heterocycles. The predicted molar refractivity (Wildman–Crippen MR) is 74.6 cm³/mol. The monoisotopic (exact) mass is 267 g/mol. The van der Waals surface area contributed by atoms with Gasteiger partial charge >= 0.3 is 0 Å². The number of rotatable bonds is 3. The van der Waals surface area contributed by atoms with Crippen molar-refractivity contribution in [3.8, 4) is 22.6 Å². The second-order valence-electron chi connectivity index (χ2n) is 3.71. The molecule has 0 bridgehead atoms. The highest BCUT2D eigenvalue weighted by molar-refractivity contribution is 7.09. The molecule has 0 saturated heterocycles. The normalized spacial score (nSPS) is 9.21. The summed E-state index contributed by atoms with van der Waals surface area (Å²) in [5.41, 5.74) is 5.19.